The Balaban J connectivity index is 2.26. The second kappa shape index (κ2) is 7.72. The molecule has 0 atom stereocenters. The van der Waals surface area contributed by atoms with E-state index in [0.29, 0.717) is 29.8 Å². The summed E-state index contributed by atoms with van der Waals surface area (Å²) in [6, 6.07) is 4.26. The molecular formula is C18H24FN3O4. The van der Waals surface area contributed by atoms with E-state index < -0.39 is 23.5 Å². The summed E-state index contributed by atoms with van der Waals surface area (Å²) >= 11 is 0. The number of hydrogen-bond acceptors (Lipinski definition) is 4. The first-order valence-electron chi connectivity index (χ1n) is 8.37. The number of rotatable bonds is 6. The number of hydrogen-bond donors (Lipinski definition) is 1. The van der Waals surface area contributed by atoms with Gasteiger partial charge in [0.1, 0.15) is 17.2 Å². The number of carboxylic acid groups (broad SMARTS) is 1. The molecule has 0 aliphatic rings. The second-order valence-corrected chi connectivity index (χ2v) is 7.15. The molecule has 0 saturated carbocycles. The Morgan fingerprint density at radius 2 is 2.04 bits per heavy atom. The summed E-state index contributed by atoms with van der Waals surface area (Å²) in [6.45, 7) is 5.91. The number of benzene rings is 1. The average molecular weight is 365 g/mol. The fourth-order valence-corrected chi connectivity index (χ4v) is 2.53. The van der Waals surface area contributed by atoms with Gasteiger partial charge in [0.05, 0.1) is 17.6 Å². The molecule has 0 unspecified atom stereocenters. The lowest BCUT2D eigenvalue weighted by atomic mass is 10.2. The first-order chi connectivity index (χ1) is 12.1. The van der Waals surface area contributed by atoms with Crippen LogP contribution < -0.4 is 0 Å². The van der Waals surface area contributed by atoms with Crippen LogP contribution in [0.5, 0.6) is 0 Å². The van der Waals surface area contributed by atoms with Gasteiger partial charge in [-0.2, -0.15) is 0 Å². The number of imidazole rings is 1. The molecule has 1 N–H and O–H groups in total. The number of carbonyl (C=O) groups excluding carboxylic acids is 1. The first kappa shape index (κ1) is 19.7. The van der Waals surface area contributed by atoms with Gasteiger partial charge in [-0.05, 0) is 39.3 Å². The van der Waals surface area contributed by atoms with Crippen molar-refractivity contribution in [3.8, 4) is 0 Å². The topological polar surface area (TPSA) is 84.7 Å². The minimum atomic E-state index is -0.882. The SMILES string of the molecule is CN(Cc1nc2cc(F)ccc2n1CCCC(=O)O)C(=O)OC(C)(C)C. The van der Waals surface area contributed by atoms with Gasteiger partial charge >= 0.3 is 12.1 Å². The van der Waals surface area contributed by atoms with Crippen LogP contribution in [0.1, 0.15) is 39.4 Å². The molecule has 0 bridgehead atoms. The molecule has 1 aromatic carbocycles. The normalized spacial score (nSPS) is 11.6. The summed E-state index contributed by atoms with van der Waals surface area (Å²) in [6.07, 6.45) is -0.0726. The second-order valence-electron chi connectivity index (χ2n) is 7.15. The van der Waals surface area contributed by atoms with Gasteiger partial charge in [0.25, 0.3) is 0 Å². The van der Waals surface area contributed by atoms with E-state index >= 15 is 0 Å². The Morgan fingerprint density at radius 1 is 1.35 bits per heavy atom. The number of aliphatic carboxylic acids is 1. The van der Waals surface area contributed by atoms with Gasteiger partial charge in [-0.25, -0.2) is 14.2 Å². The highest BCUT2D eigenvalue weighted by Crippen LogP contribution is 2.20. The number of ether oxygens (including phenoxy) is 1. The van der Waals surface area contributed by atoms with Gasteiger partial charge < -0.3 is 19.3 Å². The molecule has 0 aliphatic heterocycles. The number of aryl methyl sites for hydroxylation is 1. The van der Waals surface area contributed by atoms with Crippen molar-refractivity contribution in [2.45, 2.75) is 52.3 Å². The van der Waals surface area contributed by atoms with Crippen molar-refractivity contribution >= 4 is 23.1 Å². The van der Waals surface area contributed by atoms with Crippen LogP contribution in [-0.2, 0) is 22.6 Å². The fourth-order valence-electron chi connectivity index (χ4n) is 2.53. The average Bonchev–Trinajstić information content (AvgIpc) is 2.81. The molecule has 1 aromatic heterocycles. The zero-order valence-electron chi connectivity index (χ0n) is 15.5. The van der Waals surface area contributed by atoms with Gasteiger partial charge in [-0.1, -0.05) is 0 Å². The van der Waals surface area contributed by atoms with E-state index in [1.165, 1.54) is 17.0 Å². The third-order valence-electron chi connectivity index (χ3n) is 3.65. The molecule has 1 heterocycles. The van der Waals surface area contributed by atoms with E-state index in [4.69, 9.17) is 9.84 Å². The summed E-state index contributed by atoms with van der Waals surface area (Å²) in [4.78, 5) is 28.8. The Hall–Kier alpha value is -2.64. The quantitative estimate of drug-likeness (QED) is 0.848. The summed E-state index contributed by atoms with van der Waals surface area (Å²) in [5.74, 6) is -0.739. The molecule has 7 nitrogen and oxygen atoms in total. The van der Waals surface area contributed by atoms with Crippen LogP contribution in [0.25, 0.3) is 11.0 Å². The van der Waals surface area contributed by atoms with Crippen LogP contribution >= 0.6 is 0 Å². The van der Waals surface area contributed by atoms with E-state index in [1.807, 2.05) is 4.57 Å². The fraction of sp³-hybridized carbons (Fsp3) is 0.500. The molecule has 0 saturated heterocycles. The minimum Gasteiger partial charge on any atom is -0.481 e. The summed E-state index contributed by atoms with van der Waals surface area (Å²) in [5.41, 5.74) is 0.549. The monoisotopic (exact) mass is 365 g/mol. The third kappa shape index (κ3) is 5.18. The molecular weight excluding hydrogens is 341 g/mol. The molecule has 0 spiro atoms. The lowest BCUT2D eigenvalue weighted by molar-refractivity contribution is -0.137. The number of carboxylic acids is 1. The smallest absolute Gasteiger partial charge is 0.410 e. The number of fused-ring (bicyclic) bond motifs is 1. The highest BCUT2D eigenvalue weighted by Gasteiger charge is 2.22. The van der Waals surface area contributed by atoms with Crippen molar-refractivity contribution in [3.63, 3.8) is 0 Å². The molecule has 0 radical (unpaired) electrons. The minimum absolute atomic E-state index is 0.0161. The van der Waals surface area contributed by atoms with Crippen molar-refractivity contribution in [2.75, 3.05) is 7.05 Å². The van der Waals surface area contributed by atoms with Crippen molar-refractivity contribution in [3.05, 3.63) is 29.8 Å². The zero-order valence-corrected chi connectivity index (χ0v) is 15.5. The van der Waals surface area contributed by atoms with Crippen LogP contribution in [0.2, 0.25) is 0 Å². The Bertz CT molecular complexity index is 811. The number of carbonyl (C=O) groups is 2. The number of halogens is 1. The zero-order chi connectivity index (χ0) is 19.5. The maximum absolute atomic E-state index is 13.5. The first-order valence-corrected chi connectivity index (χ1v) is 8.37. The van der Waals surface area contributed by atoms with Crippen LogP contribution in [0.3, 0.4) is 0 Å². The summed E-state index contributed by atoms with van der Waals surface area (Å²) in [5, 5.41) is 8.84. The molecule has 0 aliphatic carbocycles. The predicted molar refractivity (Wildman–Crippen MR) is 94.3 cm³/mol. The number of amides is 1. The lowest BCUT2D eigenvalue weighted by Crippen LogP contribution is -2.34. The molecule has 2 aromatic rings. The standard InChI is InChI=1S/C18H24FN3O4/c1-18(2,3)26-17(25)21(4)11-15-20-13-10-12(19)7-8-14(13)22(15)9-5-6-16(23)24/h7-8,10H,5-6,9,11H2,1-4H3,(H,23,24). The van der Waals surface area contributed by atoms with Gasteiger partial charge in [0.2, 0.25) is 0 Å². The Morgan fingerprint density at radius 3 is 2.65 bits per heavy atom. The van der Waals surface area contributed by atoms with Gasteiger partial charge in [-0.15, -0.1) is 0 Å². The van der Waals surface area contributed by atoms with Gasteiger partial charge in [0, 0.05) is 26.1 Å². The third-order valence-corrected chi connectivity index (χ3v) is 3.65. The van der Waals surface area contributed by atoms with Crippen LogP contribution in [0.15, 0.2) is 18.2 Å². The van der Waals surface area contributed by atoms with Crippen LogP contribution in [0, 0.1) is 5.82 Å². The number of nitrogens with zero attached hydrogens (tertiary/aromatic N) is 3. The molecule has 1 amide bonds. The van der Waals surface area contributed by atoms with E-state index in [0.717, 1.165) is 0 Å². The largest absolute Gasteiger partial charge is 0.481 e. The maximum atomic E-state index is 13.5. The summed E-state index contributed by atoms with van der Waals surface area (Å²) < 4.78 is 20.6. The van der Waals surface area contributed by atoms with Crippen LogP contribution in [-0.4, -0.2) is 44.3 Å². The molecule has 0 fully saturated rings. The van der Waals surface area contributed by atoms with Crippen molar-refractivity contribution in [2.24, 2.45) is 0 Å². The van der Waals surface area contributed by atoms with E-state index in [9.17, 15) is 14.0 Å². The predicted octanol–water partition coefficient (Wildman–Crippen LogP) is 3.41. The Labute approximate surface area is 151 Å². The van der Waals surface area contributed by atoms with Crippen LogP contribution in [0.4, 0.5) is 9.18 Å². The van der Waals surface area contributed by atoms with Gasteiger partial charge in [0.15, 0.2) is 0 Å². The van der Waals surface area contributed by atoms with E-state index in [1.54, 1.807) is 33.9 Å². The summed E-state index contributed by atoms with van der Waals surface area (Å²) in [7, 11) is 1.59. The van der Waals surface area contributed by atoms with Crippen molar-refractivity contribution < 1.29 is 23.8 Å². The molecule has 142 valence electrons. The van der Waals surface area contributed by atoms with Crippen molar-refractivity contribution in [1.29, 1.82) is 0 Å². The molecule has 8 heteroatoms. The van der Waals surface area contributed by atoms with E-state index in [-0.39, 0.29) is 13.0 Å². The van der Waals surface area contributed by atoms with Gasteiger partial charge in [-0.3, -0.25) is 4.79 Å². The maximum Gasteiger partial charge on any atom is 0.410 e. The number of aromatic nitrogens is 2. The highest BCUT2D eigenvalue weighted by molar-refractivity contribution is 5.76. The lowest BCUT2D eigenvalue weighted by Gasteiger charge is -2.24. The van der Waals surface area contributed by atoms with E-state index in [2.05, 4.69) is 4.98 Å². The molecule has 2 rings (SSSR count). The highest BCUT2D eigenvalue weighted by atomic mass is 19.1. The molecule has 26 heavy (non-hydrogen) atoms. The van der Waals surface area contributed by atoms with Crippen molar-refractivity contribution in [1.82, 2.24) is 14.5 Å². The Kier molecular flexibility index (Phi) is 5.84.